The summed E-state index contributed by atoms with van der Waals surface area (Å²) in [4.78, 5) is 0. The summed E-state index contributed by atoms with van der Waals surface area (Å²) >= 11 is -4.64. The number of hydrogen-bond acceptors (Lipinski definition) is 2. The van der Waals surface area contributed by atoms with Gasteiger partial charge in [0, 0.05) is 0 Å². The first-order valence-electron chi connectivity index (χ1n) is 8.48. The number of halogens is 12. The van der Waals surface area contributed by atoms with Crippen molar-refractivity contribution in [2.24, 2.45) is 0 Å². The van der Waals surface area contributed by atoms with E-state index in [4.69, 9.17) is 0 Å². The minimum atomic E-state index is -6.42. The second kappa shape index (κ2) is 7.54. The molecule has 1 aliphatic heterocycles. The van der Waals surface area contributed by atoms with Gasteiger partial charge in [-0.1, -0.05) is 0 Å². The Labute approximate surface area is 181 Å². The zero-order valence-electron chi connectivity index (χ0n) is 15.5. The molecular formula is C18H9AsF12O2. The van der Waals surface area contributed by atoms with Crippen LogP contribution in [0.5, 0.6) is 0 Å². The van der Waals surface area contributed by atoms with Crippen LogP contribution in [0.25, 0.3) is 0 Å². The molecule has 0 fully saturated rings. The van der Waals surface area contributed by atoms with Gasteiger partial charge in [-0.3, -0.25) is 0 Å². The fourth-order valence-electron chi connectivity index (χ4n) is 3.36. The van der Waals surface area contributed by atoms with Crippen LogP contribution in [0.15, 0.2) is 48.5 Å². The van der Waals surface area contributed by atoms with Crippen molar-refractivity contribution in [3.05, 3.63) is 59.7 Å². The van der Waals surface area contributed by atoms with Crippen molar-refractivity contribution in [3.8, 4) is 0 Å². The van der Waals surface area contributed by atoms with Crippen LogP contribution >= 0.6 is 0 Å². The molecule has 33 heavy (non-hydrogen) atoms. The van der Waals surface area contributed by atoms with E-state index in [1.807, 2.05) is 0 Å². The van der Waals surface area contributed by atoms with Crippen LogP contribution in [-0.2, 0) is 14.9 Å². The van der Waals surface area contributed by atoms with Gasteiger partial charge in [-0.25, -0.2) is 0 Å². The van der Waals surface area contributed by atoms with Crippen molar-refractivity contribution >= 4 is 23.7 Å². The first-order valence-corrected chi connectivity index (χ1v) is 11.1. The molecule has 2 aromatic carbocycles. The molecule has 2 aromatic rings. The Morgan fingerprint density at radius 3 is 1.52 bits per heavy atom. The Morgan fingerprint density at radius 1 is 0.636 bits per heavy atom. The maximum absolute atomic E-state index is 13.8. The summed E-state index contributed by atoms with van der Waals surface area (Å²) in [6, 6.07) is 4.93. The fraction of sp³-hybridized carbons (Fsp3) is 0.333. The SMILES string of the molecule is OC(c1ccccc1[As]1OC(C(F)(F)F)(C(F)(F)F)c2ccccc21)(C(F)(F)F)C(F)(F)F. The molecule has 1 N–H and O–H groups in total. The fourth-order valence-corrected chi connectivity index (χ4v) is 8.36. The molecule has 0 bridgehead atoms. The summed E-state index contributed by atoms with van der Waals surface area (Å²) in [7, 11) is 0. The van der Waals surface area contributed by atoms with E-state index < -0.39 is 70.7 Å². The normalized spacial score (nSPS) is 19.5. The van der Waals surface area contributed by atoms with Gasteiger partial charge in [0.15, 0.2) is 0 Å². The molecule has 182 valence electrons. The third-order valence-corrected chi connectivity index (χ3v) is 9.29. The number of alkyl halides is 12. The third-order valence-electron chi connectivity index (χ3n) is 4.86. The topological polar surface area (TPSA) is 29.5 Å². The first-order chi connectivity index (χ1) is 14.8. The molecule has 0 aromatic heterocycles. The monoisotopic (exact) mass is 560 g/mol. The third kappa shape index (κ3) is 3.61. The summed E-state index contributed by atoms with van der Waals surface area (Å²) < 4.78 is 166. The number of aliphatic hydroxyl groups is 1. The first kappa shape index (κ1) is 25.7. The van der Waals surface area contributed by atoms with E-state index in [1.165, 1.54) is 0 Å². The Bertz CT molecular complexity index is 1010. The van der Waals surface area contributed by atoms with Crippen molar-refractivity contribution in [3.63, 3.8) is 0 Å². The van der Waals surface area contributed by atoms with Gasteiger partial charge in [0.1, 0.15) is 0 Å². The van der Waals surface area contributed by atoms with Crippen molar-refractivity contribution in [2.45, 2.75) is 35.9 Å². The number of fused-ring (bicyclic) bond motifs is 1. The molecule has 0 radical (unpaired) electrons. The quantitative estimate of drug-likeness (QED) is 0.435. The Kier molecular flexibility index (Phi) is 5.87. The van der Waals surface area contributed by atoms with Gasteiger partial charge >= 0.3 is 181 Å². The van der Waals surface area contributed by atoms with Gasteiger partial charge in [-0.05, 0) is 0 Å². The molecule has 1 unspecified atom stereocenters. The van der Waals surface area contributed by atoms with E-state index in [1.54, 1.807) is 0 Å². The maximum atomic E-state index is 13.8. The predicted molar refractivity (Wildman–Crippen MR) is 88.8 cm³/mol. The van der Waals surface area contributed by atoms with Gasteiger partial charge in [-0.2, -0.15) is 0 Å². The van der Waals surface area contributed by atoms with E-state index in [0.717, 1.165) is 18.2 Å². The average Bonchev–Trinajstić information content (AvgIpc) is 3.02. The minimum absolute atomic E-state index is 0.137. The standard InChI is InChI=1S/C18H9AsF12O2/c20-15(21,22)13(32,16(23,24)25)9-5-1-3-7-11(9)19-12-8-4-2-6-10(12)14(33-19,17(26,27)28)18(29,30)31/h1-8,32H. The summed E-state index contributed by atoms with van der Waals surface area (Å²) in [6.45, 7) is 0. The molecule has 0 saturated carbocycles. The van der Waals surface area contributed by atoms with Crippen LogP contribution in [0.3, 0.4) is 0 Å². The molecule has 2 nitrogen and oxygen atoms in total. The molecule has 0 saturated heterocycles. The van der Waals surface area contributed by atoms with Crippen molar-refractivity contribution < 1.29 is 61.5 Å². The summed E-state index contributed by atoms with van der Waals surface area (Å²) in [6.07, 6.45) is -25.2. The van der Waals surface area contributed by atoms with Gasteiger partial charge in [0.2, 0.25) is 0 Å². The average molecular weight is 560 g/mol. The van der Waals surface area contributed by atoms with Crippen LogP contribution in [0.4, 0.5) is 52.7 Å². The van der Waals surface area contributed by atoms with Gasteiger partial charge in [0.25, 0.3) is 0 Å². The zero-order chi connectivity index (χ0) is 25.3. The molecule has 1 heterocycles. The molecular weight excluding hydrogens is 551 g/mol. The van der Waals surface area contributed by atoms with E-state index in [-0.39, 0.29) is 6.07 Å². The van der Waals surface area contributed by atoms with Crippen LogP contribution in [0.2, 0.25) is 0 Å². The number of rotatable bonds is 2. The van der Waals surface area contributed by atoms with E-state index in [0.29, 0.717) is 24.3 Å². The summed E-state index contributed by atoms with van der Waals surface area (Å²) in [5.74, 6) is 0. The predicted octanol–water partition coefficient (Wildman–Crippen LogP) is 4.45. The van der Waals surface area contributed by atoms with Crippen molar-refractivity contribution in [1.82, 2.24) is 0 Å². The second-order valence-corrected chi connectivity index (χ2v) is 10.4. The van der Waals surface area contributed by atoms with Gasteiger partial charge < -0.3 is 0 Å². The summed E-state index contributed by atoms with van der Waals surface area (Å²) in [5, 5.41) is 9.77. The molecule has 3 rings (SSSR count). The van der Waals surface area contributed by atoms with Gasteiger partial charge in [-0.15, -0.1) is 0 Å². The van der Waals surface area contributed by atoms with E-state index in [2.05, 4.69) is 3.73 Å². The van der Waals surface area contributed by atoms with Crippen molar-refractivity contribution in [1.29, 1.82) is 0 Å². The number of hydrogen-bond donors (Lipinski definition) is 1. The molecule has 15 heteroatoms. The molecule has 0 aliphatic carbocycles. The Morgan fingerprint density at radius 2 is 1.06 bits per heavy atom. The molecule has 0 spiro atoms. The van der Waals surface area contributed by atoms with Crippen LogP contribution in [0, 0.1) is 0 Å². The van der Waals surface area contributed by atoms with E-state index >= 15 is 0 Å². The van der Waals surface area contributed by atoms with E-state index in [9.17, 15) is 57.8 Å². The zero-order valence-corrected chi connectivity index (χ0v) is 17.3. The van der Waals surface area contributed by atoms with Crippen LogP contribution in [-0.4, -0.2) is 44.8 Å². The Balaban J connectivity index is 2.36. The number of benzene rings is 2. The van der Waals surface area contributed by atoms with Crippen LogP contribution in [0.1, 0.15) is 11.1 Å². The molecule has 1 atom stereocenters. The second-order valence-electron chi connectivity index (χ2n) is 6.80. The molecule has 1 aliphatic rings. The summed E-state index contributed by atoms with van der Waals surface area (Å²) in [5.41, 5.74) is -14.0. The molecule has 0 amide bonds. The van der Waals surface area contributed by atoms with Gasteiger partial charge in [0.05, 0.1) is 0 Å². The van der Waals surface area contributed by atoms with Crippen molar-refractivity contribution in [2.75, 3.05) is 0 Å². The Hall–Kier alpha value is -1.92. The van der Waals surface area contributed by atoms with Crippen LogP contribution < -0.4 is 8.70 Å².